The Morgan fingerprint density at radius 2 is 1.97 bits per heavy atom. The molecule has 1 aliphatic heterocycles. The molecule has 0 saturated heterocycles. The highest BCUT2D eigenvalue weighted by Crippen LogP contribution is 2.33. The quantitative estimate of drug-likeness (QED) is 0.545. The fourth-order valence-corrected chi connectivity index (χ4v) is 5.88. The fraction of sp³-hybridized carbons (Fsp3) is 0.286. The lowest BCUT2D eigenvalue weighted by Gasteiger charge is -2.34. The van der Waals surface area contributed by atoms with Gasteiger partial charge in [-0.05, 0) is 54.8 Å². The number of sulfonamides is 1. The van der Waals surface area contributed by atoms with E-state index in [4.69, 9.17) is 5.73 Å². The molecular formula is C21H21FN4O5S. The number of carbonyl (C=O) groups is 2. The number of primary amides is 1. The van der Waals surface area contributed by atoms with Gasteiger partial charge in [0.05, 0.1) is 17.9 Å². The number of carbonyl (C=O) groups excluding carboxylic acids is 1. The molecule has 2 aromatic heterocycles. The maximum atomic E-state index is 13.3. The summed E-state index contributed by atoms with van der Waals surface area (Å²) in [5.74, 6) is -2.37. The molecule has 32 heavy (non-hydrogen) atoms. The topological polar surface area (TPSA) is 136 Å². The summed E-state index contributed by atoms with van der Waals surface area (Å²) in [4.78, 5) is 27.4. The summed E-state index contributed by atoms with van der Waals surface area (Å²) in [6, 6.07) is 7.24. The van der Waals surface area contributed by atoms with E-state index in [0.717, 1.165) is 34.3 Å². The van der Waals surface area contributed by atoms with E-state index in [0.29, 0.717) is 29.4 Å². The minimum absolute atomic E-state index is 0.145. The van der Waals surface area contributed by atoms with Gasteiger partial charge in [0.2, 0.25) is 15.9 Å². The van der Waals surface area contributed by atoms with Crippen molar-refractivity contribution < 1.29 is 27.5 Å². The Kier molecular flexibility index (Phi) is 5.70. The van der Waals surface area contributed by atoms with Crippen LogP contribution in [-0.2, 0) is 39.0 Å². The predicted octanol–water partition coefficient (Wildman–Crippen LogP) is 1.29. The molecule has 0 spiro atoms. The molecule has 11 heteroatoms. The van der Waals surface area contributed by atoms with Crippen molar-refractivity contribution >= 4 is 32.9 Å². The van der Waals surface area contributed by atoms with Gasteiger partial charge in [-0.3, -0.25) is 9.59 Å². The monoisotopic (exact) mass is 460 g/mol. The van der Waals surface area contributed by atoms with Gasteiger partial charge in [0.25, 0.3) is 0 Å². The Morgan fingerprint density at radius 1 is 1.25 bits per heavy atom. The highest BCUT2D eigenvalue weighted by atomic mass is 32.2. The lowest BCUT2D eigenvalue weighted by Crippen LogP contribution is -2.48. The number of benzene rings is 1. The smallest absolute Gasteiger partial charge is 0.307 e. The summed E-state index contributed by atoms with van der Waals surface area (Å²) < 4.78 is 42.8. The molecule has 4 rings (SSSR count). The molecule has 3 aromatic rings. The van der Waals surface area contributed by atoms with Crippen LogP contribution < -0.4 is 5.73 Å². The van der Waals surface area contributed by atoms with Crippen molar-refractivity contribution in [3.05, 3.63) is 59.7 Å². The SMILES string of the molecule is NC(=O)CN(C1CCc2c(CC(=O)O)c3cccnc3n2C1)S(=O)(=O)c1ccc(F)cc1. The van der Waals surface area contributed by atoms with Crippen molar-refractivity contribution in [3.63, 3.8) is 0 Å². The van der Waals surface area contributed by atoms with Crippen molar-refractivity contribution in [3.8, 4) is 0 Å². The number of nitrogens with two attached hydrogens (primary N) is 1. The van der Waals surface area contributed by atoms with Crippen LogP contribution in [0.15, 0.2) is 47.5 Å². The summed E-state index contributed by atoms with van der Waals surface area (Å²) in [7, 11) is -4.14. The van der Waals surface area contributed by atoms with E-state index in [1.54, 1.807) is 18.3 Å². The Hall–Kier alpha value is -3.31. The van der Waals surface area contributed by atoms with Crippen LogP contribution in [0.5, 0.6) is 0 Å². The summed E-state index contributed by atoms with van der Waals surface area (Å²) in [5.41, 5.74) is 7.35. The van der Waals surface area contributed by atoms with Crippen molar-refractivity contribution in [1.29, 1.82) is 0 Å². The molecular weight excluding hydrogens is 439 g/mol. The minimum atomic E-state index is -4.14. The van der Waals surface area contributed by atoms with Gasteiger partial charge in [-0.2, -0.15) is 4.31 Å². The zero-order chi connectivity index (χ0) is 23.0. The van der Waals surface area contributed by atoms with Gasteiger partial charge in [0, 0.05) is 29.9 Å². The number of halogens is 1. The molecule has 0 bridgehead atoms. The van der Waals surface area contributed by atoms with Crippen molar-refractivity contribution in [2.45, 2.75) is 36.7 Å². The van der Waals surface area contributed by atoms with E-state index in [9.17, 15) is 27.5 Å². The molecule has 168 valence electrons. The number of hydrogen-bond acceptors (Lipinski definition) is 5. The number of rotatable bonds is 7. The lowest BCUT2D eigenvalue weighted by molar-refractivity contribution is -0.136. The van der Waals surface area contributed by atoms with Crippen LogP contribution in [0.4, 0.5) is 4.39 Å². The number of amides is 1. The molecule has 1 aromatic carbocycles. The summed E-state index contributed by atoms with van der Waals surface area (Å²) >= 11 is 0. The second kappa shape index (κ2) is 8.32. The highest BCUT2D eigenvalue weighted by Gasteiger charge is 2.36. The number of carboxylic acids is 1. The summed E-state index contributed by atoms with van der Waals surface area (Å²) in [5, 5.41) is 10.0. The standard InChI is InChI=1S/C21H21FN4O5S/c22-13-3-6-15(7-4-13)32(30,31)26(12-19(23)27)14-5-8-18-17(10-20(28)29)16-2-1-9-24-21(16)25(18)11-14/h1-4,6-7,9,14H,5,8,10-12H2,(H2,23,27)(H,28,29). The van der Waals surface area contributed by atoms with Crippen LogP contribution in [0.3, 0.4) is 0 Å². The third-order valence-corrected chi connectivity index (χ3v) is 7.53. The Morgan fingerprint density at radius 3 is 2.62 bits per heavy atom. The van der Waals surface area contributed by atoms with Crippen LogP contribution in [0, 0.1) is 5.82 Å². The Balaban J connectivity index is 1.76. The van der Waals surface area contributed by atoms with E-state index in [1.807, 2.05) is 4.57 Å². The second-order valence-electron chi connectivity index (χ2n) is 7.64. The van der Waals surface area contributed by atoms with Gasteiger partial charge >= 0.3 is 5.97 Å². The van der Waals surface area contributed by atoms with Crippen molar-refractivity contribution in [2.24, 2.45) is 5.73 Å². The first-order valence-electron chi connectivity index (χ1n) is 9.91. The number of aromatic nitrogens is 2. The Bertz CT molecular complexity index is 1300. The van der Waals surface area contributed by atoms with Gasteiger partial charge in [-0.15, -0.1) is 0 Å². The van der Waals surface area contributed by atoms with E-state index >= 15 is 0 Å². The van der Waals surface area contributed by atoms with Gasteiger partial charge in [0.1, 0.15) is 11.5 Å². The van der Waals surface area contributed by atoms with Gasteiger partial charge in [0.15, 0.2) is 0 Å². The number of fused-ring (bicyclic) bond motifs is 3. The van der Waals surface area contributed by atoms with Crippen LogP contribution in [0.1, 0.15) is 17.7 Å². The number of carboxylic acid groups (broad SMARTS) is 1. The van der Waals surface area contributed by atoms with E-state index in [2.05, 4.69) is 4.98 Å². The minimum Gasteiger partial charge on any atom is -0.481 e. The highest BCUT2D eigenvalue weighted by molar-refractivity contribution is 7.89. The van der Waals surface area contributed by atoms with E-state index in [1.165, 1.54) is 0 Å². The third-order valence-electron chi connectivity index (χ3n) is 5.62. The molecule has 1 unspecified atom stereocenters. The number of aliphatic carboxylic acids is 1. The van der Waals surface area contributed by atoms with Crippen LogP contribution in [0.25, 0.3) is 11.0 Å². The molecule has 1 amide bonds. The van der Waals surface area contributed by atoms with Gasteiger partial charge < -0.3 is 15.4 Å². The van der Waals surface area contributed by atoms with E-state index in [-0.39, 0.29) is 17.9 Å². The molecule has 0 saturated carbocycles. The number of nitrogens with zero attached hydrogens (tertiary/aromatic N) is 3. The first-order valence-corrected chi connectivity index (χ1v) is 11.3. The molecule has 0 fully saturated rings. The third kappa shape index (κ3) is 3.96. The molecule has 3 heterocycles. The molecule has 1 atom stereocenters. The maximum absolute atomic E-state index is 13.3. The van der Waals surface area contributed by atoms with Crippen LogP contribution >= 0.6 is 0 Å². The Labute approximate surface area is 183 Å². The van der Waals surface area contributed by atoms with Crippen LogP contribution in [0.2, 0.25) is 0 Å². The number of pyridine rings is 1. The van der Waals surface area contributed by atoms with Crippen molar-refractivity contribution in [1.82, 2.24) is 13.9 Å². The lowest BCUT2D eigenvalue weighted by atomic mass is 10.0. The zero-order valence-electron chi connectivity index (χ0n) is 16.9. The normalized spacial score (nSPS) is 16.2. The first kappa shape index (κ1) is 21.9. The largest absolute Gasteiger partial charge is 0.481 e. The molecule has 0 radical (unpaired) electrons. The summed E-state index contributed by atoms with van der Waals surface area (Å²) in [6.07, 6.45) is 2.17. The maximum Gasteiger partial charge on any atom is 0.307 e. The second-order valence-corrected chi connectivity index (χ2v) is 9.53. The van der Waals surface area contributed by atoms with E-state index < -0.39 is 40.3 Å². The average Bonchev–Trinajstić information content (AvgIpc) is 3.05. The molecule has 9 nitrogen and oxygen atoms in total. The first-order chi connectivity index (χ1) is 15.2. The zero-order valence-corrected chi connectivity index (χ0v) is 17.8. The number of hydrogen-bond donors (Lipinski definition) is 2. The molecule has 1 aliphatic rings. The van der Waals surface area contributed by atoms with Gasteiger partial charge in [-0.1, -0.05) is 0 Å². The molecule has 0 aliphatic carbocycles. The predicted molar refractivity (Wildman–Crippen MR) is 113 cm³/mol. The van der Waals surface area contributed by atoms with Gasteiger partial charge in [-0.25, -0.2) is 17.8 Å². The van der Waals surface area contributed by atoms with Crippen molar-refractivity contribution in [2.75, 3.05) is 6.54 Å². The average molecular weight is 460 g/mol. The fourth-order valence-electron chi connectivity index (χ4n) is 4.27. The molecule has 3 N–H and O–H groups in total. The van der Waals surface area contributed by atoms with Crippen LogP contribution in [-0.4, -0.2) is 51.8 Å². The summed E-state index contributed by atoms with van der Waals surface area (Å²) in [6.45, 7) is -0.357.